The minimum absolute atomic E-state index is 0.142. The van der Waals surface area contributed by atoms with Crippen molar-refractivity contribution < 1.29 is 9.90 Å². The molecule has 4 nitrogen and oxygen atoms in total. The Hall–Kier alpha value is -4.18. The lowest BCUT2D eigenvalue weighted by molar-refractivity contribution is -0.136. The van der Waals surface area contributed by atoms with Crippen LogP contribution in [0.3, 0.4) is 0 Å². The summed E-state index contributed by atoms with van der Waals surface area (Å²) in [6.45, 7) is 0. The van der Waals surface area contributed by atoms with Crippen molar-refractivity contribution >= 4 is 16.9 Å². The first kappa shape index (κ1) is 22.6. The molecule has 0 spiro atoms. The zero-order valence-corrected chi connectivity index (χ0v) is 19.6. The van der Waals surface area contributed by atoms with Gasteiger partial charge in [-0.05, 0) is 77.9 Å². The number of aryl methyl sites for hydroxylation is 3. The monoisotopic (exact) mass is 460 g/mol. The molecule has 0 fully saturated rings. The molecule has 3 aromatic carbocycles. The van der Waals surface area contributed by atoms with Crippen LogP contribution in [0.5, 0.6) is 0 Å². The maximum absolute atomic E-state index is 11.1. The van der Waals surface area contributed by atoms with E-state index in [9.17, 15) is 4.79 Å². The van der Waals surface area contributed by atoms with E-state index in [1.54, 1.807) is 0 Å². The van der Waals surface area contributed by atoms with Crippen LogP contribution in [-0.4, -0.2) is 20.6 Å². The lowest BCUT2D eigenvalue weighted by Crippen LogP contribution is -1.97. The Kier molecular flexibility index (Phi) is 6.71. The van der Waals surface area contributed by atoms with Crippen molar-refractivity contribution in [1.29, 1.82) is 0 Å². The molecular formula is C31H28N2O2. The van der Waals surface area contributed by atoms with Crippen molar-refractivity contribution in [3.05, 3.63) is 131 Å². The van der Waals surface area contributed by atoms with Crippen LogP contribution < -0.4 is 0 Å². The van der Waals surface area contributed by atoms with Gasteiger partial charge in [0.25, 0.3) is 0 Å². The van der Waals surface area contributed by atoms with E-state index in [0.717, 1.165) is 41.7 Å². The second kappa shape index (κ2) is 10.4. The van der Waals surface area contributed by atoms with Crippen molar-refractivity contribution in [1.82, 2.24) is 9.55 Å². The van der Waals surface area contributed by atoms with Crippen molar-refractivity contribution in [2.45, 2.75) is 32.1 Å². The summed E-state index contributed by atoms with van der Waals surface area (Å²) in [5, 5.41) is 10.3. The van der Waals surface area contributed by atoms with Crippen molar-refractivity contribution in [2.24, 2.45) is 0 Å². The summed E-state index contributed by atoms with van der Waals surface area (Å²) in [4.78, 5) is 15.5. The number of rotatable bonds is 9. The molecule has 1 N–H and O–H groups in total. The standard InChI is InChI=1S/C31H28N2O2/c34-31(35)18-13-25-12-17-30-29(21-25)26(14-9-23-6-2-1-3-7-23)22-33(30)28-15-10-24(11-16-28)20-27-8-4-5-19-32-27/h1-8,10-12,15-17,19,21-22H,9,13-14,18,20H2,(H,34,35). The van der Waals surface area contributed by atoms with E-state index in [-0.39, 0.29) is 6.42 Å². The van der Waals surface area contributed by atoms with E-state index in [0.29, 0.717) is 6.42 Å². The Morgan fingerprint density at radius 1 is 0.771 bits per heavy atom. The van der Waals surface area contributed by atoms with Gasteiger partial charge in [0.05, 0.1) is 5.52 Å². The number of fused-ring (bicyclic) bond motifs is 1. The Balaban J connectivity index is 1.46. The molecule has 2 heterocycles. The number of benzene rings is 3. The SMILES string of the molecule is O=C(O)CCc1ccc2c(c1)c(CCc1ccccc1)cn2-c1ccc(Cc2ccccn2)cc1. The summed E-state index contributed by atoms with van der Waals surface area (Å²) >= 11 is 0. The van der Waals surface area contributed by atoms with Crippen LogP contribution >= 0.6 is 0 Å². The third-order valence-corrected chi connectivity index (χ3v) is 6.43. The first-order chi connectivity index (χ1) is 17.2. The molecule has 35 heavy (non-hydrogen) atoms. The summed E-state index contributed by atoms with van der Waals surface area (Å²) in [5.41, 5.74) is 8.19. The van der Waals surface area contributed by atoms with E-state index >= 15 is 0 Å². The number of hydrogen-bond acceptors (Lipinski definition) is 2. The fraction of sp³-hybridized carbons (Fsp3) is 0.161. The van der Waals surface area contributed by atoms with Crippen molar-refractivity contribution in [2.75, 3.05) is 0 Å². The molecule has 0 saturated heterocycles. The summed E-state index contributed by atoms with van der Waals surface area (Å²) in [5.74, 6) is -0.766. The molecule has 174 valence electrons. The number of carbonyl (C=O) groups is 1. The molecule has 0 radical (unpaired) electrons. The molecule has 5 aromatic rings. The summed E-state index contributed by atoms with van der Waals surface area (Å²) in [7, 11) is 0. The number of carboxylic acids is 1. The van der Waals surface area contributed by atoms with Gasteiger partial charge in [-0.1, -0.05) is 54.6 Å². The highest BCUT2D eigenvalue weighted by Crippen LogP contribution is 2.28. The minimum Gasteiger partial charge on any atom is -0.481 e. The Morgan fingerprint density at radius 2 is 1.54 bits per heavy atom. The van der Waals surface area contributed by atoms with Gasteiger partial charge in [0.1, 0.15) is 0 Å². The Morgan fingerprint density at radius 3 is 2.29 bits per heavy atom. The highest BCUT2D eigenvalue weighted by atomic mass is 16.4. The molecule has 0 amide bonds. The molecule has 4 heteroatoms. The molecule has 0 unspecified atom stereocenters. The average molecular weight is 461 g/mol. The molecule has 2 aromatic heterocycles. The predicted molar refractivity (Wildman–Crippen MR) is 140 cm³/mol. The van der Waals surface area contributed by atoms with Gasteiger partial charge in [0, 0.05) is 42.0 Å². The van der Waals surface area contributed by atoms with Gasteiger partial charge < -0.3 is 9.67 Å². The van der Waals surface area contributed by atoms with Crippen molar-refractivity contribution in [3.63, 3.8) is 0 Å². The number of aromatic nitrogens is 2. The Bertz CT molecular complexity index is 1420. The molecular weight excluding hydrogens is 432 g/mol. The summed E-state index contributed by atoms with van der Waals surface area (Å²) in [6.07, 6.45) is 7.44. The van der Waals surface area contributed by atoms with Gasteiger partial charge in [0.2, 0.25) is 0 Å². The van der Waals surface area contributed by atoms with Gasteiger partial charge >= 0.3 is 5.97 Å². The van der Waals surface area contributed by atoms with Crippen LogP contribution in [0.1, 0.15) is 34.4 Å². The lowest BCUT2D eigenvalue weighted by Gasteiger charge is -2.08. The third-order valence-electron chi connectivity index (χ3n) is 6.43. The summed E-state index contributed by atoms with van der Waals surface area (Å²) in [6, 6.07) is 31.5. The van der Waals surface area contributed by atoms with Crippen LogP contribution in [-0.2, 0) is 30.5 Å². The van der Waals surface area contributed by atoms with Crippen LogP contribution in [0, 0.1) is 0 Å². The largest absolute Gasteiger partial charge is 0.481 e. The van der Waals surface area contributed by atoms with E-state index in [2.05, 4.69) is 82.5 Å². The lowest BCUT2D eigenvalue weighted by atomic mass is 10.0. The van der Waals surface area contributed by atoms with Gasteiger partial charge in [0.15, 0.2) is 0 Å². The zero-order valence-electron chi connectivity index (χ0n) is 19.6. The number of aliphatic carboxylic acids is 1. The smallest absolute Gasteiger partial charge is 0.303 e. The van der Waals surface area contributed by atoms with Gasteiger partial charge in [-0.3, -0.25) is 9.78 Å². The summed E-state index contributed by atoms with van der Waals surface area (Å²) < 4.78 is 2.25. The van der Waals surface area contributed by atoms with E-state index in [1.807, 2.05) is 30.5 Å². The number of nitrogens with zero attached hydrogens (tertiary/aromatic N) is 2. The first-order valence-electron chi connectivity index (χ1n) is 12.0. The van der Waals surface area contributed by atoms with E-state index in [1.165, 1.54) is 22.1 Å². The topological polar surface area (TPSA) is 55.1 Å². The molecule has 0 aliphatic heterocycles. The second-order valence-corrected chi connectivity index (χ2v) is 8.92. The van der Waals surface area contributed by atoms with Crippen LogP contribution in [0.2, 0.25) is 0 Å². The fourth-order valence-electron chi connectivity index (χ4n) is 4.57. The van der Waals surface area contributed by atoms with Gasteiger partial charge in [-0.2, -0.15) is 0 Å². The molecule has 0 atom stereocenters. The zero-order chi connectivity index (χ0) is 24.0. The molecule has 5 rings (SSSR count). The maximum atomic E-state index is 11.1. The molecule has 0 saturated carbocycles. The number of carboxylic acid groups (broad SMARTS) is 1. The van der Waals surface area contributed by atoms with Crippen LogP contribution in [0.25, 0.3) is 16.6 Å². The Labute approximate surface area is 205 Å². The normalized spacial score (nSPS) is 11.1. The third kappa shape index (κ3) is 5.49. The molecule has 0 aliphatic carbocycles. The minimum atomic E-state index is -0.766. The van der Waals surface area contributed by atoms with E-state index < -0.39 is 5.97 Å². The highest BCUT2D eigenvalue weighted by Gasteiger charge is 2.12. The number of pyridine rings is 1. The van der Waals surface area contributed by atoms with Gasteiger partial charge in [-0.25, -0.2) is 0 Å². The molecule has 0 bridgehead atoms. The van der Waals surface area contributed by atoms with Crippen LogP contribution in [0.15, 0.2) is 103 Å². The second-order valence-electron chi connectivity index (χ2n) is 8.92. The average Bonchev–Trinajstić information content (AvgIpc) is 3.26. The van der Waals surface area contributed by atoms with Gasteiger partial charge in [-0.15, -0.1) is 0 Å². The van der Waals surface area contributed by atoms with E-state index in [4.69, 9.17) is 5.11 Å². The van der Waals surface area contributed by atoms with Crippen LogP contribution in [0.4, 0.5) is 0 Å². The predicted octanol–water partition coefficient (Wildman–Crippen LogP) is 6.42. The number of hydrogen-bond donors (Lipinski definition) is 1. The van der Waals surface area contributed by atoms with Crippen molar-refractivity contribution in [3.8, 4) is 5.69 Å². The quantitative estimate of drug-likeness (QED) is 0.276. The first-order valence-corrected chi connectivity index (χ1v) is 12.0. The fourth-order valence-corrected chi connectivity index (χ4v) is 4.57. The maximum Gasteiger partial charge on any atom is 0.303 e. The molecule has 0 aliphatic rings. The highest BCUT2D eigenvalue weighted by molar-refractivity contribution is 5.86.